The molecule has 4 nitrogen and oxygen atoms in total. The van der Waals surface area contributed by atoms with E-state index in [1.807, 2.05) is 12.3 Å². The van der Waals surface area contributed by atoms with Crippen molar-refractivity contribution in [3.8, 4) is 0 Å². The van der Waals surface area contributed by atoms with Crippen LogP contribution in [0.3, 0.4) is 0 Å². The molecule has 0 spiro atoms. The number of hydrogen-bond acceptors (Lipinski definition) is 4. The molecule has 0 saturated carbocycles. The van der Waals surface area contributed by atoms with Crippen molar-refractivity contribution in [3.63, 3.8) is 0 Å². The van der Waals surface area contributed by atoms with Gasteiger partial charge in [0.2, 0.25) is 0 Å². The summed E-state index contributed by atoms with van der Waals surface area (Å²) in [6.07, 6.45) is 1.87. The maximum absolute atomic E-state index is 4.53. The summed E-state index contributed by atoms with van der Waals surface area (Å²) in [5.41, 5.74) is 1.15. The fourth-order valence-electron chi connectivity index (χ4n) is 2.09. The van der Waals surface area contributed by atoms with Crippen molar-refractivity contribution in [2.45, 2.75) is 19.9 Å². The van der Waals surface area contributed by atoms with Crippen LogP contribution in [0.1, 0.15) is 13.8 Å². The Balaban J connectivity index is 2.14. The van der Waals surface area contributed by atoms with Crippen molar-refractivity contribution in [1.29, 1.82) is 0 Å². The molecule has 1 saturated heterocycles. The SMILES string of the molecule is CC(C)Nc1cccnc1N1CCN(C)CC1. The van der Waals surface area contributed by atoms with Crippen LogP contribution in [0.25, 0.3) is 0 Å². The number of rotatable bonds is 3. The molecular formula is C13H22N4. The first-order valence-electron chi connectivity index (χ1n) is 6.32. The number of nitrogens with one attached hydrogen (secondary N) is 1. The third kappa shape index (κ3) is 3.09. The molecule has 2 rings (SSSR count). The van der Waals surface area contributed by atoms with E-state index in [-0.39, 0.29) is 0 Å². The van der Waals surface area contributed by atoms with Gasteiger partial charge in [0.1, 0.15) is 0 Å². The summed E-state index contributed by atoms with van der Waals surface area (Å²) in [6, 6.07) is 4.54. The molecule has 0 radical (unpaired) electrons. The molecule has 1 aliphatic rings. The van der Waals surface area contributed by atoms with E-state index in [0.29, 0.717) is 6.04 Å². The quantitative estimate of drug-likeness (QED) is 0.862. The smallest absolute Gasteiger partial charge is 0.152 e. The highest BCUT2D eigenvalue weighted by molar-refractivity contribution is 5.65. The third-order valence-electron chi connectivity index (χ3n) is 3.03. The Bertz CT molecular complexity index is 356. The van der Waals surface area contributed by atoms with Gasteiger partial charge in [-0.25, -0.2) is 4.98 Å². The van der Waals surface area contributed by atoms with Gasteiger partial charge in [0.25, 0.3) is 0 Å². The van der Waals surface area contributed by atoms with E-state index >= 15 is 0 Å². The minimum Gasteiger partial charge on any atom is -0.380 e. The lowest BCUT2D eigenvalue weighted by atomic mass is 10.2. The molecular weight excluding hydrogens is 212 g/mol. The van der Waals surface area contributed by atoms with Gasteiger partial charge in [-0.2, -0.15) is 0 Å². The van der Waals surface area contributed by atoms with Crippen molar-refractivity contribution in [1.82, 2.24) is 9.88 Å². The van der Waals surface area contributed by atoms with Gasteiger partial charge in [0.15, 0.2) is 5.82 Å². The summed E-state index contributed by atoms with van der Waals surface area (Å²) in [5.74, 6) is 1.09. The zero-order valence-electron chi connectivity index (χ0n) is 11.0. The van der Waals surface area contributed by atoms with Gasteiger partial charge in [-0.15, -0.1) is 0 Å². The molecule has 0 unspecified atom stereocenters. The van der Waals surface area contributed by atoms with Gasteiger partial charge < -0.3 is 15.1 Å². The monoisotopic (exact) mass is 234 g/mol. The van der Waals surface area contributed by atoms with Crippen molar-refractivity contribution in [2.24, 2.45) is 0 Å². The molecule has 1 N–H and O–H groups in total. The third-order valence-corrected chi connectivity index (χ3v) is 3.03. The normalized spacial score (nSPS) is 17.5. The van der Waals surface area contributed by atoms with Gasteiger partial charge in [0.05, 0.1) is 5.69 Å². The Labute approximate surface area is 104 Å². The van der Waals surface area contributed by atoms with Crippen molar-refractivity contribution < 1.29 is 0 Å². The van der Waals surface area contributed by atoms with Crippen LogP contribution in [0.2, 0.25) is 0 Å². The zero-order chi connectivity index (χ0) is 12.3. The fraction of sp³-hybridized carbons (Fsp3) is 0.615. The summed E-state index contributed by atoms with van der Waals surface area (Å²) in [4.78, 5) is 9.25. The lowest BCUT2D eigenvalue weighted by Crippen LogP contribution is -2.45. The molecule has 0 bridgehead atoms. The minimum atomic E-state index is 0.436. The van der Waals surface area contributed by atoms with Crippen LogP contribution < -0.4 is 10.2 Å². The summed E-state index contributed by atoms with van der Waals surface area (Å²) >= 11 is 0. The summed E-state index contributed by atoms with van der Waals surface area (Å²) < 4.78 is 0. The number of pyridine rings is 1. The van der Waals surface area contributed by atoms with Crippen molar-refractivity contribution in [2.75, 3.05) is 43.4 Å². The minimum absolute atomic E-state index is 0.436. The van der Waals surface area contributed by atoms with Crippen LogP contribution in [-0.2, 0) is 0 Å². The van der Waals surface area contributed by atoms with Gasteiger partial charge in [-0.3, -0.25) is 0 Å². The maximum atomic E-state index is 4.53. The highest BCUT2D eigenvalue weighted by Crippen LogP contribution is 2.24. The van der Waals surface area contributed by atoms with Crippen LogP contribution >= 0.6 is 0 Å². The summed E-state index contributed by atoms with van der Waals surface area (Å²) in [7, 11) is 2.17. The van der Waals surface area contributed by atoms with E-state index in [1.54, 1.807) is 0 Å². The molecule has 0 aliphatic carbocycles. The van der Waals surface area contributed by atoms with Gasteiger partial charge in [-0.05, 0) is 33.0 Å². The average molecular weight is 234 g/mol. The number of anilines is 2. The van der Waals surface area contributed by atoms with E-state index in [4.69, 9.17) is 0 Å². The molecule has 1 aliphatic heterocycles. The predicted octanol–water partition coefficient (Wildman–Crippen LogP) is 1.65. The topological polar surface area (TPSA) is 31.4 Å². The second kappa shape index (κ2) is 5.36. The maximum Gasteiger partial charge on any atom is 0.152 e. The largest absolute Gasteiger partial charge is 0.380 e. The van der Waals surface area contributed by atoms with Crippen LogP contribution in [0.5, 0.6) is 0 Å². The van der Waals surface area contributed by atoms with Gasteiger partial charge in [0, 0.05) is 38.4 Å². The number of nitrogens with zero attached hydrogens (tertiary/aromatic N) is 3. The molecule has 4 heteroatoms. The Morgan fingerprint density at radius 1 is 1.24 bits per heavy atom. The van der Waals surface area contributed by atoms with E-state index in [1.165, 1.54) is 0 Å². The number of hydrogen-bond donors (Lipinski definition) is 1. The van der Waals surface area contributed by atoms with E-state index in [0.717, 1.165) is 37.7 Å². The van der Waals surface area contributed by atoms with Crippen molar-refractivity contribution >= 4 is 11.5 Å². The molecule has 0 amide bonds. The lowest BCUT2D eigenvalue weighted by Gasteiger charge is -2.34. The second-order valence-corrected chi connectivity index (χ2v) is 4.96. The van der Waals surface area contributed by atoms with E-state index in [2.05, 4.69) is 47.1 Å². The van der Waals surface area contributed by atoms with Gasteiger partial charge >= 0.3 is 0 Å². The number of piperazine rings is 1. The molecule has 0 atom stereocenters. The first-order valence-corrected chi connectivity index (χ1v) is 6.32. The Morgan fingerprint density at radius 2 is 1.94 bits per heavy atom. The highest BCUT2D eigenvalue weighted by Gasteiger charge is 2.17. The fourth-order valence-corrected chi connectivity index (χ4v) is 2.09. The molecule has 0 aromatic carbocycles. The predicted molar refractivity (Wildman–Crippen MR) is 72.7 cm³/mol. The van der Waals surface area contributed by atoms with Gasteiger partial charge in [-0.1, -0.05) is 0 Å². The van der Waals surface area contributed by atoms with Crippen molar-refractivity contribution in [3.05, 3.63) is 18.3 Å². The van der Waals surface area contributed by atoms with Crippen LogP contribution in [0, 0.1) is 0 Å². The van der Waals surface area contributed by atoms with Crippen LogP contribution in [0.4, 0.5) is 11.5 Å². The van der Waals surface area contributed by atoms with E-state index < -0.39 is 0 Å². The Kier molecular flexibility index (Phi) is 3.84. The van der Waals surface area contributed by atoms with Crippen LogP contribution in [0.15, 0.2) is 18.3 Å². The Morgan fingerprint density at radius 3 is 2.59 bits per heavy atom. The lowest BCUT2D eigenvalue weighted by molar-refractivity contribution is 0.312. The summed E-state index contributed by atoms with van der Waals surface area (Å²) in [5, 5.41) is 3.46. The first-order chi connectivity index (χ1) is 8.16. The second-order valence-electron chi connectivity index (χ2n) is 4.96. The molecule has 1 fully saturated rings. The summed E-state index contributed by atoms with van der Waals surface area (Å²) in [6.45, 7) is 8.64. The molecule has 94 valence electrons. The number of aromatic nitrogens is 1. The average Bonchev–Trinajstić information content (AvgIpc) is 2.30. The molecule has 1 aromatic heterocycles. The van der Waals surface area contributed by atoms with E-state index in [9.17, 15) is 0 Å². The number of likely N-dealkylation sites (N-methyl/N-ethyl adjacent to an activating group) is 1. The highest BCUT2D eigenvalue weighted by atomic mass is 15.3. The molecule has 1 aromatic rings. The first kappa shape index (κ1) is 12.2. The van der Waals surface area contributed by atoms with Crippen LogP contribution in [-0.4, -0.2) is 49.2 Å². The molecule has 17 heavy (non-hydrogen) atoms. The zero-order valence-corrected chi connectivity index (χ0v) is 11.0. The standard InChI is InChI=1S/C13H22N4/c1-11(2)15-12-5-4-6-14-13(12)17-9-7-16(3)8-10-17/h4-6,11,15H,7-10H2,1-3H3. The Hall–Kier alpha value is -1.29. The molecule has 2 heterocycles.